The molecule has 0 aromatic heterocycles. The van der Waals surface area contributed by atoms with Gasteiger partial charge in [0.15, 0.2) is 0 Å². The molecule has 1 fully saturated rings. The van der Waals surface area contributed by atoms with Crippen LogP contribution >= 0.6 is 0 Å². The lowest BCUT2D eigenvalue weighted by Crippen LogP contribution is -2.60. The van der Waals surface area contributed by atoms with E-state index in [1.54, 1.807) is 6.92 Å². The smallest absolute Gasteiger partial charge is 0.305 e. The molecule has 0 spiro atoms. The van der Waals surface area contributed by atoms with Crippen molar-refractivity contribution in [1.29, 1.82) is 0 Å². The summed E-state index contributed by atoms with van der Waals surface area (Å²) in [5.41, 5.74) is 0.478. The lowest BCUT2D eigenvalue weighted by Gasteiger charge is -2.37. The number of hydrogen-bond acceptors (Lipinski definition) is 7. The summed E-state index contributed by atoms with van der Waals surface area (Å²) in [6.45, 7) is 6.53. The first kappa shape index (κ1) is 31.2. The van der Waals surface area contributed by atoms with E-state index in [1.807, 2.05) is 74.5 Å². The van der Waals surface area contributed by atoms with Crippen LogP contribution in [0.4, 0.5) is 0 Å². The fourth-order valence-electron chi connectivity index (χ4n) is 5.67. The number of carbonyl (C=O) groups is 2. The fourth-order valence-corrected chi connectivity index (χ4v) is 5.67. The van der Waals surface area contributed by atoms with Crippen molar-refractivity contribution in [2.75, 3.05) is 13.7 Å². The molecule has 9 heteroatoms. The van der Waals surface area contributed by atoms with Crippen molar-refractivity contribution in [2.45, 2.75) is 83.2 Å². The van der Waals surface area contributed by atoms with Crippen molar-refractivity contribution in [3.63, 3.8) is 0 Å². The van der Waals surface area contributed by atoms with E-state index >= 15 is 0 Å². The number of carbonyl (C=O) groups excluding carboxylic acids is 2. The highest BCUT2D eigenvalue weighted by Gasteiger charge is 2.64. The Morgan fingerprint density at radius 2 is 1.73 bits per heavy atom. The average Bonchev–Trinajstić information content (AvgIpc) is 3.29. The minimum atomic E-state index is -1.25. The first-order chi connectivity index (χ1) is 19.2. The highest BCUT2D eigenvalue weighted by molar-refractivity contribution is 5.87. The Labute approximate surface area is 237 Å². The molecule has 1 saturated heterocycles. The molecule has 2 aromatic rings. The number of esters is 1. The molecule has 1 aliphatic heterocycles. The van der Waals surface area contributed by atoms with Crippen LogP contribution in [0.3, 0.4) is 0 Å². The van der Waals surface area contributed by atoms with Gasteiger partial charge in [-0.05, 0) is 36.8 Å². The normalized spacial score (nSPS) is 23.8. The van der Waals surface area contributed by atoms with Crippen molar-refractivity contribution >= 4 is 11.9 Å². The topological polar surface area (TPSA) is 120 Å². The largest absolute Gasteiger partial charge is 0.469 e. The number of unbranched alkanes of at least 4 members (excludes halogenated alkanes) is 2. The molecule has 9 nitrogen and oxygen atoms in total. The van der Waals surface area contributed by atoms with Gasteiger partial charge in [-0.2, -0.15) is 0 Å². The van der Waals surface area contributed by atoms with E-state index in [2.05, 4.69) is 15.4 Å². The van der Waals surface area contributed by atoms with Crippen LogP contribution in [-0.2, 0) is 25.7 Å². The molecule has 2 N–H and O–H groups in total. The lowest BCUT2D eigenvalue weighted by atomic mass is 9.74. The first-order valence-corrected chi connectivity index (χ1v) is 14.2. The molecule has 0 bridgehead atoms. The number of nitrogens with zero attached hydrogens (tertiary/aromatic N) is 1. The molecule has 0 saturated carbocycles. The van der Waals surface area contributed by atoms with E-state index in [9.17, 15) is 19.7 Å². The van der Waals surface area contributed by atoms with Crippen LogP contribution in [0, 0.1) is 22.0 Å². The molecule has 3 rings (SSSR count). The number of rotatable bonds is 15. The SMILES string of the molecule is CC[C@H](C)[C@@H](OCc1ccccc1)[C@@H]1[C@H]([N+](=O)[O-])[C@H](c2ccccc2)N[C@]1(C)C(=O)NCCCCCC(=O)OC. The third-order valence-corrected chi connectivity index (χ3v) is 8.12. The molecule has 0 unspecified atom stereocenters. The maximum atomic E-state index is 13.9. The second kappa shape index (κ2) is 14.9. The van der Waals surface area contributed by atoms with Gasteiger partial charge in [0, 0.05) is 17.9 Å². The Morgan fingerprint density at radius 3 is 2.33 bits per heavy atom. The van der Waals surface area contributed by atoms with Gasteiger partial charge in [-0.15, -0.1) is 0 Å². The highest BCUT2D eigenvalue weighted by Crippen LogP contribution is 2.45. The second-order valence-electron chi connectivity index (χ2n) is 10.8. The van der Waals surface area contributed by atoms with E-state index in [1.165, 1.54) is 7.11 Å². The second-order valence-corrected chi connectivity index (χ2v) is 10.8. The van der Waals surface area contributed by atoms with Gasteiger partial charge in [0.25, 0.3) is 0 Å². The third-order valence-electron chi connectivity index (χ3n) is 8.12. The Morgan fingerprint density at radius 1 is 1.07 bits per heavy atom. The zero-order chi connectivity index (χ0) is 29.1. The van der Waals surface area contributed by atoms with Gasteiger partial charge in [0.2, 0.25) is 11.9 Å². The summed E-state index contributed by atoms with van der Waals surface area (Å²) in [6.07, 6.45) is 2.65. The van der Waals surface area contributed by atoms with E-state index in [0.717, 1.165) is 24.0 Å². The van der Waals surface area contributed by atoms with Crippen molar-refractivity contribution < 1.29 is 24.0 Å². The zero-order valence-electron chi connectivity index (χ0n) is 24.0. The first-order valence-electron chi connectivity index (χ1n) is 14.2. The Balaban J connectivity index is 1.89. The average molecular weight is 554 g/mol. The Bertz CT molecular complexity index is 1100. The molecule has 0 radical (unpaired) electrons. The maximum absolute atomic E-state index is 13.9. The molecular weight excluding hydrogens is 510 g/mol. The molecule has 218 valence electrons. The molecule has 6 atom stereocenters. The number of benzene rings is 2. The third kappa shape index (κ3) is 7.67. The van der Waals surface area contributed by atoms with Gasteiger partial charge in [-0.25, -0.2) is 0 Å². The van der Waals surface area contributed by atoms with Crippen LogP contribution in [0.15, 0.2) is 60.7 Å². The van der Waals surface area contributed by atoms with Crippen molar-refractivity contribution in [1.82, 2.24) is 10.6 Å². The summed E-state index contributed by atoms with van der Waals surface area (Å²) in [7, 11) is 1.37. The van der Waals surface area contributed by atoms with Gasteiger partial charge in [0.1, 0.15) is 11.6 Å². The highest BCUT2D eigenvalue weighted by atomic mass is 16.6. The molecule has 1 aliphatic rings. The summed E-state index contributed by atoms with van der Waals surface area (Å²) in [5.74, 6) is -1.30. The minimum absolute atomic E-state index is 0.0297. The summed E-state index contributed by atoms with van der Waals surface area (Å²) in [6, 6.07) is 17.3. The van der Waals surface area contributed by atoms with Gasteiger partial charge in [0.05, 0.1) is 25.7 Å². The number of methoxy groups -OCH3 is 1. The number of amides is 1. The quantitative estimate of drug-likeness (QED) is 0.140. The molecular formula is C31H43N3O6. The standard InChI is InChI=1S/C31H43N3O6/c1-5-22(2)29(40-21-23-15-9-6-10-16-23)26-28(34(37)38)27(24-17-11-7-12-18-24)33-31(26,3)30(36)32-20-14-8-13-19-25(35)39-4/h6-7,9-12,15-18,22,26-29,33H,5,8,13-14,19-21H2,1-4H3,(H,32,36)/t22-,26-,27-,28-,29+,31-/m0/s1. The van der Waals surface area contributed by atoms with Crippen LogP contribution < -0.4 is 10.6 Å². The molecule has 2 aromatic carbocycles. The van der Waals surface area contributed by atoms with Crippen LogP contribution in [0.2, 0.25) is 0 Å². The van der Waals surface area contributed by atoms with Crippen molar-refractivity contribution in [3.05, 3.63) is 81.9 Å². The zero-order valence-corrected chi connectivity index (χ0v) is 24.0. The van der Waals surface area contributed by atoms with E-state index in [4.69, 9.17) is 4.74 Å². The van der Waals surface area contributed by atoms with Crippen molar-refractivity contribution in [3.8, 4) is 0 Å². The summed E-state index contributed by atoms with van der Waals surface area (Å²) >= 11 is 0. The molecule has 0 aliphatic carbocycles. The number of nitrogens with one attached hydrogen (secondary N) is 2. The van der Waals surface area contributed by atoms with Crippen molar-refractivity contribution in [2.24, 2.45) is 11.8 Å². The van der Waals surface area contributed by atoms with Crippen LogP contribution in [0.25, 0.3) is 0 Å². The summed E-state index contributed by atoms with van der Waals surface area (Å²) in [4.78, 5) is 37.7. The summed E-state index contributed by atoms with van der Waals surface area (Å²) in [5, 5.41) is 19.2. The maximum Gasteiger partial charge on any atom is 0.305 e. The van der Waals surface area contributed by atoms with E-state index < -0.39 is 29.6 Å². The predicted octanol–water partition coefficient (Wildman–Crippen LogP) is 4.83. The Hall–Kier alpha value is -3.30. The van der Waals surface area contributed by atoms with Crippen LogP contribution in [0.5, 0.6) is 0 Å². The predicted molar refractivity (Wildman–Crippen MR) is 153 cm³/mol. The van der Waals surface area contributed by atoms with Gasteiger partial charge in [-0.3, -0.25) is 25.0 Å². The van der Waals surface area contributed by atoms with Gasteiger partial charge in [-0.1, -0.05) is 87.4 Å². The van der Waals surface area contributed by atoms with E-state index in [0.29, 0.717) is 32.4 Å². The number of hydrogen-bond donors (Lipinski definition) is 2. The molecule has 1 amide bonds. The van der Waals surface area contributed by atoms with Crippen LogP contribution in [-0.4, -0.2) is 48.1 Å². The van der Waals surface area contributed by atoms with Gasteiger partial charge < -0.3 is 14.8 Å². The fraction of sp³-hybridized carbons (Fsp3) is 0.548. The summed E-state index contributed by atoms with van der Waals surface area (Å²) < 4.78 is 11.2. The monoisotopic (exact) mass is 553 g/mol. The van der Waals surface area contributed by atoms with Crippen LogP contribution in [0.1, 0.15) is 70.0 Å². The molecule has 1 heterocycles. The number of ether oxygens (including phenoxy) is 2. The Kier molecular flexibility index (Phi) is 11.6. The van der Waals surface area contributed by atoms with E-state index in [-0.39, 0.29) is 22.7 Å². The lowest BCUT2D eigenvalue weighted by molar-refractivity contribution is -0.536. The number of nitro groups is 1. The molecule has 40 heavy (non-hydrogen) atoms. The minimum Gasteiger partial charge on any atom is -0.469 e. The van der Waals surface area contributed by atoms with Gasteiger partial charge >= 0.3 is 5.97 Å².